The normalized spacial score (nSPS) is 17.8. The molecule has 1 aliphatic carbocycles. The van der Waals surface area contributed by atoms with Crippen LogP contribution in [0.2, 0.25) is 0 Å². The quantitative estimate of drug-likeness (QED) is 0.589. The number of allylic oxidation sites excluding steroid dienone is 6. The molecule has 0 fully saturated rings. The summed E-state index contributed by atoms with van der Waals surface area (Å²) < 4.78 is 0. The molecule has 0 spiro atoms. The van der Waals surface area contributed by atoms with E-state index in [1.54, 1.807) is 0 Å². The van der Waals surface area contributed by atoms with Crippen molar-refractivity contribution in [3.8, 4) is 0 Å². The highest BCUT2D eigenvalue weighted by Gasteiger charge is 2.08. The van der Waals surface area contributed by atoms with Gasteiger partial charge in [0.1, 0.15) is 0 Å². The monoisotopic (exact) mass is 174 g/mol. The lowest BCUT2D eigenvalue weighted by Gasteiger charge is -2.09. The van der Waals surface area contributed by atoms with Crippen LogP contribution < -0.4 is 0 Å². The summed E-state index contributed by atoms with van der Waals surface area (Å²) in [6.07, 6.45) is 7.57. The van der Waals surface area contributed by atoms with E-state index in [-0.39, 0.29) is 0 Å². The van der Waals surface area contributed by atoms with Crippen molar-refractivity contribution in [2.75, 3.05) is 0 Å². The molecule has 70 valence electrons. The third-order valence-corrected chi connectivity index (χ3v) is 2.60. The summed E-state index contributed by atoms with van der Waals surface area (Å²) in [5.74, 6) is 0. The van der Waals surface area contributed by atoms with Crippen molar-refractivity contribution in [2.45, 2.75) is 33.1 Å². The van der Waals surface area contributed by atoms with E-state index in [9.17, 15) is 0 Å². The van der Waals surface area contributed by atoms with E-state index in [1.165, 1.54) is 28.7 Å². The fraction of sp³-hybridized carbons (Fsp3) is 0.385. The molecule has 0 N–H and O–H groups in total. The van der Waals surface area contributed by atoms with Crippen LogP contribution >= 0.6 is 0 Å². The Hall–Kier alpha value is -1.04. The predicted molar refractivity (Wildman–Crippen MR) is 59.6 cm³/mol. The van der Waals surface area contributed by atoms with Gasteiger partial charge in [-0.15, -0.1) is 0 Å². The van der Waals surface area contributed by atoms with Crippen LogP contribution in [0.4, 0.5) is 0 Å². The lowest BCUT2D eigenvalue weighted by molar-refractivity contribution is 0.968. The van der Waals surface area contributed by atoms with E-state index >= 15 is 0 Å². The molecule has 0 atom stereocenters. The molecule has 0 aromatic carbocycles. The largest absolute Gasteiger partial charge is 0.0988 e. The Morgan fingerprint density at radius 1 is 1.54 bits per heavy atom. The smallest absolute Gasteiger partial charge is 0.00273 e. The Morgan fingerprint density at radius 3 is 2.77 bits per heavy atom. The van der Waals surface area contributed by atoms with Crippen molar-refractivity contribution in [1.82, 2.24) is 0 Å². The lowest BCUT2D eigenvalue weighted by Crippen LogP contribution is -1.89. The van der Waals surface area contributed by atoms with Gasteiger partial charge in [0.25, 0.3) is 0 Å². The van der Waals surface area contributed by atoms with Gasteiger partial charge in [0.15, 0.2) is 0 Å². The second-order valence-corrected chi connectivity index (χ2v) is 3.74. The Balaban J connectivity index is 2.95. The van der Waals surface area contributed by atoms with Crippen molar-refractivity contribution in [1.29, 1.82) is 0 Å². The van der Waals surface area contributed by atoms with Crippen LogP contribution in [-0.2, 0) is 0 Å². The van der Waals surface area contributed by atoms with Gasteiger partial charge >= 0.3 is 0 Å². The van der Waals surface area contributed by atoms with Gasteiger partial charge in [0, 0.05) is 0 Å². The van der Waals surface area contributed by atoms with Gasteiger partial charge in [-0.1, -0.05) is 36.5 Å². The van der Waals surface area contributed by atoms with E-state index in [2.05, 4.69) is 33.1 Å². The van der Waals surface area contributed by atoms with E-state index in [4.69, 9.17) is 0 Å². The fourth-order valence-electron chi connectivity index (χ4n) is 1.72. The molecule has 0 aromatic heterocycles. The molecule has 0 aromatic rings. The van der Waals surface area contributed by atoms with Gasteiger partial charge < -0.3 is 0 Å². The Bertz CT molecular complexity index is 287. The van der Waals surface area contributed by atoms with E-state index in [1.807, 2.05) is 6.08 Å². The minimum Gasteiger partial charge on any atom is -0.0988 e. The molecule has 0 unspecified atom stereocenters. The van der Waals surface area contributed by atoms with Crippen molar-refractivity contribution in [3.05, 3.63) is 47.6 Å². The maximum Gasteiger partial charge on any atom is -0.00273 e. The average molecular weight is 174 g/mol. The zero-order valence-corrected chi connectivity index (χ0v) is 8.69. The molecule has 13 heavy (non-hydrogen) atoms. The number of hydrogen-bond donors (Lipinski definition) is 0. The van der Waals surface area contributed by atoms with Gasteiger partial charge in [-0.3, -0.25) is 0 Å². The van der Waals surface area contributed by atoms with Gasteiger partial charge in [-0.25, -0.2) is 0 Å². The summed E-state index contributed by atoms with van der Waals surface area (Å²) in [7, 11) is 0. The van der Waals surface area contributed by atoms with Crippen LogP contribution in [-0.4, -0.2) is 0 Å². The van der Waals surface area contributed by atoms with Crippen LogP contribution in [0.25, 0.3) is 0 Å². The molecule has 0 radical (unpaired) electrons. The van der Waals surface area contributed by atoms with Crippen LogP contribution in [0.3, 0.4) is 0 Å². The number of hydrogen-bond acceptors (Lipinski definition) is 0. The second-order valence-electron chi connectivity index (χ2n) is 3.74. The molecule has 0 aliphatic heterocycles. The van der Waals surface area contributed by atoms with Gasteiger partial charge in [-0.2, -0.15) is 0 Å². The molecule has 0 bridgehead atoms. The third kappa shape index (κ3) is 2.45. The molecule has 0 heterocycles. The number of rotatable bonds is 2. The Kier molecular flexibility index (Phi) is 3.30. The van der Waals surface area contributed by atoms with Gasteiger partial charge in [-0.05, 0) is 44.3 Å². The molecular formula is C13H18. The molecule has 0 amide bonds. The van der Waals surface area contributed by atoms with Gasteiger partial charge in [0.05, 0.1) is 0 Å². The lowest BCUT2D eigenvalue weighted by atomic mass is 9.97. The highest BCUT2D eigenvalue weighted by molar-refractivity contribution is 5.39. The first-order valence-corrected chi connectivity index (χ1v) is 4.81. The third-order valence-electron chi connectivity index (χ3n) is 2.60. The van der Waals surface area contributed by atoms with Crippen LogP contribution in [0.15, 0.2) is 47.6 Å². The zero-order chi connectivity index (χ0) is 9.84. The summed E-state index contributed by atoms with van der Waals surface area (Å²) in [4.78, 5) is 0. The summed E-state index contributed by atoms with van der Waals surface area (Å²) >= 11 is 0. The minimum absolute atomic E-state index is 1.02. The molecule has 0 saturated heterocycles. The van der Waals surface area contributed by atoms with E-state index in [0.29, 0.717) is 0 Å². The predicted octanol–water partition coefficient (Wildman–Crippen LogP) is 4.18. The van der Waals surface area contributed by atoms with Crippen molar-refractivity contribution < 1.29 is 0 Å². The standard InChI is InChI=1S/C13H18/c1-5-12-8-6-7-11(4)13(9-12)10(2)3/h5,8H,1-2,6-7,9H2,3-4H3. The van der Waals surface area contributed by atoms with Crippen LogP contribution in [0.5, 0.6) is 0 Å². The van der Waals surface area contributed by atoms with E-state index < -0.39 is 0 Å². The molecule has 0 heteroatoms. The Labute approximate surface area is 81.4 Å². The first kappa shape index (κ1) is 10.0. The summed E-state index contributed by atoms with van der Waals surface area (Å²) in [6.45, 7) is 12.1. The summed E-state index contributed by atoms with van der Waals surface area (Å²) in [5.41, 5.74) is 5.45. The molecule has 1 rings (SSSR count). The van der Waals surface area contributed by atoms with Crippen LogP contribution in [0.1, 0.15) is 33.1 Å². The van der Waals surface area contributed by atoms with Crippen molar-refractivity contribution in [2.24, 2.45) is 0 Å². The van der Waals surface area contributed by atoms with Gasteiger partial charge in [0.2, 0.25) is 0 Å². The van der Waals surface area contributed by atoms with Crippen molar-refractivity contribution in [3.63, 3.8) is 0 Å². The topological polar surface area (TPSA) is 0 Å². The first-order chi connectivity index (χ1) is 6.15. The second kappa shape index (κ2) is 4.27. The summed E-state index contributed by atoms with van der Waals surface area (Å²) in [6, 6.07) is 0. The zero-order valence-electron chi connectivity index (χ0n) is 8.69. The SMILES string of the molecule is C=CC1=CCCC(C)=C(C(=C)C)C1. The maximum absolute atomic E-state index is 4.02. The fourth-order valence-corrected chi connectivity index (χ4v) is 1.72. The molecule has 0 nitrogen and oxygen atoms in total. The summed E-state index contributed by atoms with van der Waals surface area (Å²) in [5, 5.41) is 0. The van der Waals surface area contributed by atoms with Crippen LogP contribution in [0, 0.1) is 0 Å². The maximum atomic E-state index is 4.02. The first-order valence-electron chi connectivity index (χ1n) is 4.81. The molecule has 1 aliphatic rings. The molecule has 0 saturated carbocycles. The average Bonchev–Trinajstić information content (AvgIpc) is 2.26. The Morgan fingerprint density at radius 2 is 2.23 bits per heavy atom. The highest BCUT2D eigenvalue weighted by Crippen LogP contribution is 2.28. The van der Waals surface area contributed by atoms with E-state index in [0.717, 1.165) is 12.8 Å². The minimum atomic E-state index is 1.02. The van der Waals surface area contributed by atoms with Crippen molar-refractivity contribution >= 4 is 0 Å². The highest BCUT2D eigenvalue weighted by atomic mass is 14.1. The molecular weight excluding hydrogens is 156 g/mol.